The van der Waals surface area contributed by atoms with Crippen molar-refractivity contribution in [1.29, 1.82) is 0 Å². The molecule has 1 fully saturated rings. The van der Waals surface area contributed by atoms with Gasteiger partial charge in [0.05, 0.1) is 17.1 Å². The van der Waals surface area contributed by atoms with E-state index in [1.54, 1.807) is 16.2 Å². The van der Waals surface area contributed by atoms with Crippen molar-refractivity contribution in [3.05, 3.63) is 16.1 Å². The summed E-state index contributed by atoms with van der Waals surface area (Å²) in [4.78, 5) is 19.6. The van der Waals surface area contributed by atoms with Gasteiger partial charge < -0.3 is 10.6 Å². The fraction of sp³-hybridized carbons (Fsp3) is 0.714. The molecule has 19 heavy (non-hydrogen) atoms. The highest BCUT2D eigenvalue weighted by atomic mass is 32.1. The standard InChI is InChI=1S/C14H23N3OS/c1-10-5-4-6-14(15,7-10)13(18)17(3)9-12-8-16-11(2)19-12/h8,10H,4-7,9,15H2,1-3H3. The van der Waals surface area contributed by atoms with Crippen molar-refractivity contribution in [3.8, 4) is 0 Å². The Kier molecular flexibility index (Phi) is 4.26. The summed E-state index contributed by atoms with van der Waals surface area (Å²) in [6.07, 6.45) is 5.69. The number of hydrogen-bond acceptors (Lipinski definition) is 4. The lowest BCUT2D eigenvalue weighted by atomic mass is 9.76. The zero-order valence-electron chi connectivity index (χ0n) is 12.0. The van der Waals surface area contributed by atoms with Crippen LogP contribution in [0.3, 0.4) is 0 Å². The second-order valence-corrected chi connectivity index (χ2v) is 7.18. The summed E-state index contributed by atoms with van der Waals surface area (Å²) >= 11 is 1.63. The van der Waals surface area contributed by atoms with E-state index in [9.17, 15) is 4.79 Å². The van der Waals surface area contributed by atoms with Crippen LogP contribution in [0.1, 0.15) is 42.5 Å². The lowest BCUT2D eigenvalue weighted by Gasteiger charge is -2.37. The molecule has 1 aliphatic carbocycles. The Morgan fingerprint density at radius 3 is 3.00 bits per heavy atom. The van der Waals surface area contributed by atoms with Gasteiger partial charge in [-0.2, -0.15) is 0 Å². The third-order valence-electron chi connectivity index (χ3n) is 3.87. The van der Waals surface area contributed by atoms with Gasteiger partial charge in [-0.15, -0.1) is 11.3 Å². The van der Waals surface area contributed by atoms with Gasteiger partial charge in [-0.05, 0) is 25.7 Å². The highest BCUT2D eigenvalue weighted by molar-refractivity contribution is 7.11. The molecule has 0 bridgehead atoms. The second-order valence-electron chi connectivity index (χ2n) is 5.86. The maximum absolute atomic E-state index is 12.6. The van der Waals surface area contributed by atoms with E-state index in [4.69, 9.17) is 5.73 Å². The molecule has 1 amide bonds. The molecule has 2 atom stereocenters. The zero-order valence-corrected chi connectivity index (χ0v) is 12.8. The van der Waals surface area contributed by atoms with Crippen molar-refractivity contribution in [2.75, 3.05) is 7.05 Å². The summed E-state index contributed by atoms with van der Waals surface area (Å²) in [5.74, 6) is 0.617. The quantitative estimate of drug-likeness (QED) is 0.925. The second kappa shape index (κ2) is 5.59. The number of hydrogen-bond donors (Lipinski definition) is 1. The average Bonchev–Trinajstić information content (AvgIpc) is 2.73. The van der Waals surface area contributed by atoms with Crippen LogP contribution in [-0.2, 0) is 11.3 Å². The largest absolute Gasteiger partial charge is 0.339 e. The van der Waals surface area contributed by atoms with Gasteiger partial charge in [0, 0.05) is 18.1 Å². The summed E-state index contributed by atoms with van der Waals surface area (Å²) in [6, 6.07) is 0. The number of amides is 1. The minimum atomic E-state index is -0.661. The van der Waals surface area contributed by atoms with E-state index in [2.05, 4.69) is 11.9 Å². The number of thiazole rings is 1. The molecule has 1 heterocycles. The molecule has 2 unspecified atom stereocenters. The zero-order chi connectivity index (χ0) is 14.0. The molecule has 2 N–H and O–H groups in total. The van der Waals surface area contributed by atoms with Crippen molar-refractivity contribution in [1.82, 2.24) is 9.88 Å². The topological polar surface area (TPSA) is 59.2 Å². The van der Waals surface area contributed by atoms with Crippen molar-refractivity contribution < 1.29 is 4.79 Å². The van der Waals surface area contributed by atoms with Crippen LogP contribution < -0.4 is 5.73 Å². The van der Waals surface area contributed by atoms with Crippen LogP contribution in [0, 0.1) is 12.8 Å². The fourth-order valence-corrected chi connectivity index (χ4v) is 3.80. The van der Waals surface area contributed by atoms with Crippen molar-refractivity contribution in [2.45, 2.75) is 51.6 Å². The number of carbonyl (C=O) groups is 1. The van der Waals surface area contributed by atoms with E-state index < -0.39 is 5.54 Å². The van der Waals surface area contributed by atoms with Gasteiger partial charge in [0.1, 0.15) is 0 Å². The molecule has 2 rings (SSSR count). The van der Waals surface area contributed by atoms with Gasteiger partial charge in [-0.1, -0.05) is 19.8 Å². The molecule has 1 aliphatic rings. The SMILES string of the molecule is Cc1ncc(CN(C)C(=O)C2(N)CCCC(C)C2)s1. The molecule has 5 heteroatoms. The summed E-state index contributed by atoms with van der Waals surface area (Å²) in [6.45, 7) is 4.77. The van der Waals surface area contributed by atoms with Crippen LogP contribution in [0.4, 0.5) is 0 Å². The Balaban J connectivity index is 2.01. The third-order valence-corrected chi connectivity index (χ3v) is 4.76. The predicted octanol–water partition coefficient (Wildman–Crippen LogP) is 2.32. The van der Waals surface area contributed by atoms with Crippen molar-refractivity contribution >= 4 is 17.2 Å². The summed E-state index contributed by atoms with van der Waals surface area (Å²) in [5, 5.41) is 1.03. The molecule has 4 nitrogen and oxygen atoms in total. The highest BCUT2D eigenvalue weighted by Crippen LogP contribution is 2.32. The maximum atomic E-state index is 12.6. The molecule has 0 spiro atoms. The van der Waals surface area contributed by atoms with Gasteiger partial charge in [0.2, 0.25) is 5.91 Å². The molecule has 1 aromatic heterocycles. The summed E-state index contributed by atoms with van der Waals surface area (Å²) in [5.41, 5.74) is 5.69. The van der Waals surface area contributed by atoms with Gasteiger partial charge in [-0.25, -0.2) is 4.98 Å². The number of rotatable bonds is 3. The molecule has 0 saturated heterocycles. The lowest BCUT2D eigenvalue weighted by molar-refractivity contribution is -0.138. The molecule has 1 aromatic rings. The Labute approximate surface area is 119 Å². The molecule has 1 saturated carbocycles. The number of nitrogens with two attached hydrogens (primary N) is 1. The summed E-state index contributed by atoms with van der Waals surface area (Å²) in [7, 11) is 1.84. The van der Waals surface area contributed by atoms with Crippen LogP contribution >= 0.6 is 11.3 Å². The Morgan fingerprint density at radius 1 is 1.68 bits per heavy atom. The molecule has 0 aliphatic heterocycles. The number of likely N-dealkylation sites (N-methyl/N-ethyl adjacent to an activating group) is 1. The highest BCUT2D eigenvalue weighted by Gasteiger charge is 2.39. The van der Waals surface area contributed by atoms with E-state index in [0.29, 0.717) is 12.5 Å². The van der Waals surface area contributed by atoms with E-state index in [1.807, 2.05) is 20.2 Å². The van der Waals surface area contributed by atoms with Crippen LogP contribution in [0.5, 0.6) is 0 Å². The first-order valence-corrected chi connectivity index (χ1v) is 7.68. The predicted molar refractivity (Wildman–Crippen MR) is 77.9 cm³/mol. The Bertz CT molecular complexity index is 459. The monoisotopic (exact) mass is 281 g/mol. The maximum Gasteiger partial charge on any atom is 0.242 e. The number of carbonyl (C=O) groups excluding carboxylic acids is 1. The first kappa shape index (κ1) is 14.5. The minimum Gasteiger partial charge on any atom is -0.339 e. The molecule has 106 valence electrons. The molecule has 0 radical (unpaired) electrons. The van der Waals surface area contributed by atoms with Gasteiger partial charge in [-0.3, -0.25) is 4.79 Å². The molecular weight excluding hydrogens is 258 g/mol. The number of aromatic nitrogens is 1. The van der Waals surface area contributed by atoms with Gasteiger partial charge in [0.15, 0.2) is 0 Å². The van der Waals surface area contributed by atoms with Crippen LogP contribution in [0.25, 0.3) is 0 Å². The number of nitrogens with zero attached hydrogens (tertiary/aromatic N) is 2. The number of aryl methyl sites for hydroxylation is 1. The van der Waals surface area contributed by atoms with E-state index in [0.717, 1.165) is 29.1 Å². The molecule has 0 aromatic carbocycles. The summed E-state index contributed by atoms with van der Waals surface area (Å²) < 4.78 is 0. The fourth-order valence-electron chi connectivity index (χ4n) is 2.95. The smallest absolute Gasteiger partial charge is 0.242 e. The Hall–Kier alpha value is -0.940. The van der Waals surface area contributed by atoms with Crippen molar-refractivity contribution in [2.24, 2.45) is 11.7 Å². The first-order chi connectivity index (χ1) is 8.90. The normalized spacial score (nSPS) is 27.3. The van der Waals surface area contributed by atoms with E-state index >= 15 is 0 Å². The van der Waals surface area contributed by atoms with Crippen LogP contribution in [0.15, 0.2) is 6.20 Å². The lowest BCUT2D eigenvalue weighted by Crippen LogP contribution is -2.56. The van der Waals surface area contributed by atoms with E-state index in [-0.39, 0.29) is 5.91 Å². The van der Waals surface area contributed by atoms with Crippen LogP contribution in [0.2, 0.25) is 0 Å². The average molecular weight is 281 g/mol. The molecular formula is C14H23N3OS. The van der Waals surface area contributed by atoms with Crippen LogP contribution in [-0.4, -0.2) is 28.4 Å². The van der Waals surface area contributed by atoms with Crippen molar-refractivity contribution in [3.63, 3.8) is 0 Å². The first-order valence-electron chi connectivity index (χ1n) is 6.86. The minimum absolute atomic E-state index is 0.0742. The van der Waals surface area contributed by atoms with Gasteiger partial charge in [0.25, 0.3) is 0 Å². The Morgan fingerprint density at radius 2 is 2.42 bits per heavy atom. The third kappa shape index (κ3) is 3.34. The van der Waals surface area contributed by atoms with E-state index in [1.165, 1.54) is 6.42 Å². The van der Waals surface area contributed by atoms with Gasteiger partial charge >= 0.3 is 0 Å².